The summed E-state index contributed by atoms with van der Waals surface area (Å²) >= 11 is 0. The molecule has 0 N–H and O–H groups in total. The van der Waals surface area contributed by atoms with Crippen molar-refractivity contribution >= 4 is 19.4 Å². The molecule has 0 spiro atoms. The second kappa shape index (κ2) is 9.40. The van der Waals surface area contributed by atoms with Crippen molar-refractivity contribution in [1.29, 1.82) is 0 Å². The minimum absolute atomic E-state index is 0.156. The quantitative estimate of drug-likeness (QED) is 0.630. The Morgan fingerprint density at radius 3 is 2.04 bits per heavy atom. The van der Waals surface area contributed by atoms with Crippen LogP contribution in [-0.4, -0.2) is 57.5 Å². The van der Waals surface area contributed by atoms with Gasteiger partial charge in [-0.1, -0.05) is 13.8 Å². The molecule has 0 aromatic carbocycles. The van der Waals surface area contributed by atoms with Gasteiger partial charge in [0.15, 0.2) is 0 Å². The summed E-state index contributed by atoms with van der Waals surface area (Å²) in [6.07, 6.45) is 0.718. The number of rotatable bonds is 8. The standard InChI is InChI=1S/C15H29N2O5P/c1-7-21-23(18,22-8-2)10-9-12-14(19-5)17-13(11(3)4)15(16-12)20-6/h11-13H,7-10H2,1-6H3/t12-,13+/m0/s1. The van der Waals surface area contributed by atoms with Gasteiger partial charge in [-0.15, -0.1) is 0 Å². The number of hydrogen-bond acceptors (Lipinski definition) is 7. The third-order valence-corrected chi connectivity index (χ3v) is 5.57. The monoisotopic (exact) mass is 348 g/mol. The summed E-state index contributed by atoms with van der Waals surface area (Å²) in [5, 5.41) is 0. The summed E-state index contributed by atoms with van der Waals surface area (Å²) in [4.78, 5) is 9.18. The van der Waals surface area contributed by atoms with Crippen LogP contribution in [0.25, 0.3) is 0 Å². The highest BCUT2D eigenvalue weighted by atomic mass is 31.2. The van der Waals surface area contributed by atoms with Gasteiger partial charge in [-0.25, -0.2) is 9.98 Å². The Balaban J connectivity index is 2.87. The predicted molar refractivity (Wildman–Crippen MR) is 91.6 cm³/mol. The first-order valence-electron chi connectivity index (χ1n) is 8.02. The molecular weight excluding hydrogens is 319 g/mol. The molecule has 1 heterocycles. The largest absolute Gasteiger partial charge is 0.483 e. The van der Waals surface area contributed by atoms with Crippen molar-refractivity contribution in [2.24, 2.45) is 15.9 Å². The first-order chi connectivity index (χ1) is 10.9. The molecule has 1 aliphatic heterocycles. The average molecular weight is 348 g/mol. The topological polar surface area (TPSA) is 78.7 Å². The van der Waals surface area contributed by atoms with Gasteiger partial charge in [0, 0.05) is 0 Å². The molecule has 2 atom stereocenters. The molecule has 0 saturated carbocycles. The highest BCUT2D eigenvalue weighted by Crippen LogP contribution is 2.49. The molecule has 0 amide bonds. The molecule has 23 heavy (non-hydrogen) atoms. The van der Waals surface area contributed by atoms with Crippen LogP contribution in [0.1, 0.15) is 34.1 Å². The molecule has 1 aliphatic rings. The lowest BCUT2D eigenvalue weighted by atomic mass is 10.0. The fraction of sp³-hybridized carbons (Fsp3) is 0.867. The fourth-order valence-corrected chi connectivity index (χ4v) is 4.07. The average Bonchev–Trinajstić information content (AvgIpc) is 2.52. The summed E-state index contributed by atoms with van der Waals surface area (Å²) in [6, 6.07) is -0.490. The van der Waals surface area contributed by atoms with Gasteiger partial charge in [0.1, 0.15) is 12.1 Å². The van der Waals surface area contributed by atoms with Crippen molar-refractivity contribution < 1.29 is 23.1 Å². The molecular formula is C15H29N2O5P. The van der Waals surface area contributed by atoms with Crippen molar-refractivity contribution in [3.8, 4) is 0 Å². The summed E-state index contributed by atoms with van der Waals surface area (Å²) in [5.74, 6) is 1.36. The van der Waals surface area contributed by atoms with Gasteiger partial charge in [-0.3, -0.25) is 4.57 Å². The van der Waals surface area contributed by atoms with E-state index < -0.39 is 7.60 Å². The van der Waals surface area contributed by atoms with Gasteiger partial charge < -0.3 is 18.5 Å². The first kappa shape index (κ1) is 20.1. The maximum absolute atomic E-state index is 12.6. The van der Waals surface area contributed by atoms with Crippen LogP contribution >= 0.6 is 7.60 Å². The van der Waals surface area contributed by atoms with Gasteiger partial charge >= 0.3 is 7.60 Å². The Labute approximate surface area is 139 Å². The van der Waals surface area contributed by atoms with Crippen molar-refractivity contribution in [3.63, 3.8) is 0 Å². The second-order valence-corrected chi connectivity index (χ2v) is 7.69. The normalized spacial score (nSPS) is 21.9. The van der Waals surface area contributed by atoms with Crippen LogP contribution in [0.2, 0.25) is 0 Å². The van der Waals surface area contributed by atoms with E-state index in [1.54, 1.807) is 28.1 Å². The molecule has 134 valence electrons. The van der Waals surface area contributed by atoms with E-state index in [1.165, 1.54) is 0 Å². The molecule has 7 nitrogen and oxygen atoms in total. The minimum Gasteiger partial charge on any atom is -0.483 e. The molecule has 0 bridgehead atoms. The van der Waals surface area contributed by atoms with E-state index >= 15 is 0 Å². The maximum Gasteiger partial charge on any atom is 0.330 e. The Morgan fingerprint density at radius 1 is 1.04 bits per heavy atom. The molecule has 0 aromatic rings. The smallest absolute Gasteiger partial charge is 0.330 e. The Morgan fingerprint density at radius 2 is 1.61 bits per heavy atom. The second-order valence-electron chi connectivity index (χ2n) is 5.51. The SMILES string of the molecule is CCOP(=O)(CC[C@@H]1N=C(OC)[C@@H](C(C)C)N=C1OC)OCC. The Hall–Kier alpha value is -0.910. The van der Waals surface area contributed by atoms with Gasteiger partial charge in [0.2, 0.25) is 11.8 Å². The molecule has 0 fully saturated rings. The highest BCUT2D eigenvalue weighted by Gasteiger charge is 2.33. The van der Waals surface area contributed by atoms with Crippen LogP contribution in [-0.2, 0) is 23.1 Å². The van der Waals surface area contributed by atoms with E-state index in [9.17, 15) is 4.57 Å². The molecule has 0 saturated heterocycles. The predicted octanol–water partition coefficient (Wildman–Crippen LogP) is 3.14. The van der Waals surface area contributed by atoms with E-state index in [2.05, 4.69) is 23.8 Å². The highest BCUT2D eigenvalue weighted by molar-refractivity contribution is 7.53. The minimum atomic E-state index is -3.11. The van der Waals surface area contributed by atoms with E-state index in [-0.39, 0.29) is 24.2 Å². The lowest BCUT2D eigenvalue weighted by Gasteiger charge is -2.27. The van der Waals surface area contributed by atoms with Gasteiger partial charge in [-0.05, 0) is 26.2 Å². The van der Waals surface area contributed by atoms with Crippen LogP contribution in [0.5, 0.6) is 0 Å². The third-order valence-electron chi connectivity index (χ3n) is 3.47. The molecule has 0 aromatic heterocycles. The van der Waals surface area contributed by atoms with Crippen molar-refractivity contribution in [2.45, 2.75) is 46.2 Å². The summed E-state index contributed by atoms with van der Waals surface area (Å²) in [7, 11) is 0.0517. The number of nitrogens with zero attached hydrogens (tertiary/aromatic N) is 2. The molecule has 0 aliphatic carbocycles. The molecule has 8 heteroatoms. The summed E-state index contributed by atoms with van der Waals surface area (Å²) < 4.78 is 33.9. The van der Waals surface area contributed by atoms with Gasteiger partial charge in [-0.2, -0.15) is 0 Å². The zero-order valence-corrected chi connectivity index (χ0v) is 15.8. The fourth-order valence-electron chi connectivity index (χ4n) is 2.39. The van der Waals surface area contributed by atoms with Crippen molar-refractivity contribution in [3.05, 3.63) is 0 Å². The molecule has 0 radical (unpaired) electrons. The first-order valence-corrected chi connectivity index (χ1v) is 9.75. The van der Waals surface area contributed by atoms with E-state index in [4.69, 9.17) is 18.5 Å². The van der Waals surface area contributed by atoms with E-state index in [0.29, 0.717) is 31.4 Å². The number of ether oxygens (including phenoxy) is 2. The Kier molecular flexibility index (Phi) is 8.23. The zero-order chi connectivity index (χ0) is 17.5. The van der Waals surface area contributed by atoms with Crippen molar-refractivity contribution in [2.75, 3.05) is 33.6 Å². The van der Waals surface area contributed by atoms with Crippen LogP contribution in [0.15, 0.2) is 9.98 Å². The zero-order valence-electron chi connectivity index (χ0n) is 14.9. The number of aliphatic imine (C=N–C) groups is 2. The lowest BCUT2D eigenvalue weighted by Crippen LogP contribution is -2.37. The van der Waals surface area contributed by atoms with Gasteiger partial charge in [0.05, 0.1) is 33.6 Å². The van der Waals surface area contributed by atoms with E-state index in [0.717, 1.165) is 0 Å². The number of hydrogen-bond donors (Lipinski definition) is 0. The molecule has 0 unspecified atom stereocenters. The molecule has 1 rings (SSSR count). The van der Waals surface area contributed by atoms with Crippen LogP contribution < -0.4 is 0 Å². The summed E-state index contributed by atoms with van der Waals surface area (Å²) in [5.41, 5.74) is 0. The van der Waals surface area contributed by atoms with Gasteiger partial charge in [0.25, 0.3) is 0 Å². The van der Waals surface area contributed by atoms with E-state index in [1.807, 2.05) is 0 Å². The maximum atomic E-state index is 12.6. The van der Waals surface area contributed by atoms with Crippen LogP contribution in [0, 0.1) is 5.92 Å². The summed E-state index contributed by atoms with van der Waals surface area (Å²) in [6.45, 7) is 8.37. The lowest BCUT2D eigenvalue weighted by molar-refractivity contribution is 0.219. The number of methoxy groups -OCH3 is 2. The third kappa shape index (κ3) is 5.59. The van der Waals surface area contributed by atoms with Crippen molar-refractivity contribution in [1.82, 2.24) is 0 Å². The van der Waals surface area contributed by atoms with Crippen LogP contribution in [0.3, 0.4) is 0 Å². The Bertz CT molecular complexity index is 468. The van der Waals surface area contributed by atoms with Crippen LogP contribution in [0.4, 0.5) is 0 Å².